The number of rotatable bonds is 11. The van der Waals surface area contributed by atoms with Gasteiger partial charge in [-0.1, -0.05) is 13.8 Å². The molecule has 33 heavy (non-hydrogen) atoms. The number of likely N-dealkylation sites (tertiary alicyclic amines) is 1. The van der Waals surface area contributed by atoms with Gasteiger partial charge in [0, 0.05) is 6.54 Å². The van der Waals surface area contributed by atoms with Gasteiger partial charge >= 0.3 is 5.97 Å². The summed E-state index contributed by atoms with van der Waals surface area (Å²) in [6.07, 6.45) is 3.10. The van der Waals surface area contributed by atoms with Crippen molar-refractivity contribution in [2.75, 3.05) is 41.1 Å². The molecule has 1 aliphatic heterocycles. The van der Waals surface area contributed by atoms with Crippen molar-refractivity contribution in [1.29, 1.82) is 0 Å². The third-order valence-corrected chi connectivity index (χ3v) is 5.82. The maximum absolute atomic E-state index is 12.7. The lowest BCUT2D eigenvalue weighted by molar-refractivity contribution is -0.161. The highest BCUT2D eigenvalue weighted by molar-refractivity contribution is 6.38. The van der Waals surface area contributed by atoms with Crippen LogP contribution < -0.4 is 14.2 Å². The molecular formula is C24H35NO8. The molecule has 1 aromatic rings. The minimum Gasteiger partial charge on any atom is -0.493 e. The molecule has 0 spiro atoms. The van der Waals surface area contributed by atoms with Crippen LogP contribution in [0.4, 0.5) is 0 Å². The molecule has 1 heterocycles. The second-order valence-electron chi connectivity index (χ2n) is 8.69. The van der Waals surface area contributed by atoms with Gasteiger partial charge in [0.25, 0.3) is 5.91 Å². The molecule has 1 fully saturated rings. The van der Waals surface area contributed by atoms with Crippen molar-refractivity contribution in [3.8, 4) is 17.2 Å². The van der Waals surface area contributed by atoms with Crippen molar-refractivity contribution < 1.29 is 38.4 Å². The Kier molecular flexibility index (Phi) is 9.52. The standard InChI is InChI=1S/C24H35NO8/c1-24(2,15-26)21(27)22(28)25-11-7-6-10-17(25)23(29)33-12-8-9-16-13-18(30-3)20(32-5)19(14-16)31-4/h13-14,17,26H,6-12,15H2,1-5H3. The van der Waals surface area contributed by atoms with Crippen LogP contribution in [-0.2, 0) is 25.5 Å². The molecular weight excluding hydrogens is 430 g/mol. The predicted octanol–water partition coefficient (Wildman–Crippen LogP) is 2.16. The minimum absolute atomic E-state index is 0.171. The summed E-state index contributed by atoms with van der Waals surface area (Å²) in [4.78, 5) is 39.2. The van der Waals surface area contributed by atoms with Crippen LogP contribution >= 0.6 is 0 Å². The Morgan fingerprint density at radius 1 is 1.06 bits per heavy atom. The number of amides is 1. The fraction of sp³-hybridized carbons (Fsp3) is 0.625. The highest BCUT2D eigenvalue weighted by Crippen LogP contribution is 2.38. The molecule has 0 radical (unpaired) electrons. The van der Waals surface area contributed by atoms with Crippen LogP contribution in [0.3, 0.4) is 0 Å². The highest BCUT2D eigenvalue weighted by Gasteiger charge is 2.41. The minimum atomic E-state index is -1.19. The number of piperidine rings is 1. The fourth-order valence-electron chi connectivity index (χ4n) is 3.74. The monoisotopic (exact) mass is 465 g/mol. The van der Waals surface area contributed by atoms with Gasteiger partial charge in [-0.2, -0.15) is 0 Å². The van der Waals surface area contributed by atoms with E-state index in [2.05, 4.69) is 0 Å². The lowest BCUT2D eigenvalue weighted by atomic mass is 9.87. The average Bonchev–Trinajstić information content (AvgIpc) is 2.84. The van der Waals surface area contributed by atoms with E-state index in [1.54, 1.807) is 14.2 Å². The summed E-state index contributed by atoms with van der Waals surface area (Å²) in [6.45, 7) is 3.06. The average molecular weight is 466 g/mol. The van der Waals surface area contributed by atoms with E-state index in [1.165, 1.54) is 25.9 Å². The number of aryl methyl sites for hydroxylation is 1. The Hall–Kier alpha value is -2.81. The van der Waals surface area contributed by atoms with E-state index >= 15 is 0 Å². The Morgan fingerprint density at radius 3 is 2.24 bits per heavy atom. The number of aliphatic hydroxyl groups excluding tert-OH is 1. The zero-order chi connectivity index (χ0) is 24.6. The zero-order valence-electron chi connectivity index (χ0n) is 20.1. The summed E-state index contributed by atoms with van der Waals surface area (Å²) in [7, 11) is 4.64. The normalized spacial score (nSPS) is 16.2. The van der Waals surface area contributed by atoms with Crippen molar-refractivity contribution in [2.45, 2.75) is 52.0 Å². The fourth-order valence-corrected chi connectivity index (χ4v) is 3.74. The Morgan fingerprint density at radius 2 is 1.70 bits per heavy atom. The molecule has 1 amide bonds. The molecule has 0 aliphatic carbocycles. The summed E-state index contributed by atoms with van der Waals surface area (Å²) in [5.41, 5.74) is -0.254. The number of carbonyl (C=O) groups is 3. The number of hydrogen-bond acceptors (Lipinski definition) is 8. The molecule has 9 heteroatoms. The molecule has 1 aliphatic rings. The summed E-state index contributed by atoms with van der Waals surface area (Å²) >= 11 is 0. The van der Waals surface area contributed by atoms with E-state index in [9.17, 15) is 19.5 Å². The van der Waals surface area contributed by atoms with Crippen molar-refractivity contribution in [2.24, 2.45) is 5.41 Å². The molecule has 0 saturated carbocycles. The molecule has 0 aromatic heterocycles. The first-order valence-electron chi connectivity index (χ1n) is 11.1. The summed E-state index contributed by atoms with van der Waals surface area (Å²) in [5, 5.41) is 9.41. The van der Waals surface area contributed by atoms with Crippen LogP contribution in [0.5, 0.6) is 17.2 Å². The number of methoxy groups -OCH3 is 3. The van der Waals surface area contributed by atoms with Crippen molar-refractivity contribution in [3.63, 3.8) is 0 Å². The SMILES string of the molecule is COc1cc(CCCOC(=O)C2CCCCN2C(=O)C(=O)C(C)(C)CO)cc(OC)c1OC. The highest BCUT2D eigenvalue weighted by atomic mass is 16.5. The lowest BCUT2D eigenvalue weighted by Crippen LogP contribution is -2.53. The molecule has 1 N–H and O–H groups in total. The number of nitrogens with zero attached hydrogens (tertiary/aromatic N) is 1. The van der Waals surface area contributed by atoms with E-state index in [1.807, 2.05) is 12.1 Å². The molecule has 0 bridgehead atoms. The Labute approximate surface area is 194 Å². The Balaban J connectivity index is 1.97. The maximum Gasteiger partial charge on any atom is 0.328 e. The van der Waals surface area contributed by atoms with E-state index in [4.69, 9.17) is 18.9 Å². The number of aliphatic hydroxyl groups is 1. The number of esters is 1. The molecule has 1 saturated heterocycles. The van der Waals surface area contributed by atoms with E-state index in [0.717, 1.165) is 12.0 Å². The first kappa shape index (κ1) is 26.4. The number of carbonyl (C=O) groups excluding carboxylic acids is 3. The largest absolute Gasteiger partial charge is 0.493 e. The Bertz CT molecular complexity index is 826. The van der Waals surface area contributed by atoms with Crippen molar-refractivity contribution >= 4 is 17.7 Å². The van der Waals surface area contributed by atoms with E-state index in [-0.39, 0.29) is 6.61 Å². The second-order valence-corrected chi connectivity index (χ2v) is 8.69. The van der Waals surface area contributed by atoms with Gasteiger partial charge in [0.05, 0.1) is 40.0 Å². The number of ketones is 1. The quantitative estimate of drug-likeness (QED) is 0.301. The van der Waals surface area contributed by atoms with Gasteiger partial charge in [-0.15, -0.1) is 0 Å². The first-order chi connectivity index (χ1) is 15.7. The van der Waals surface area contributed by atoms with Crippen molar-refractivity contribution in [1.82, 2.24) is 4.90 Å². The number of Topliss-reactive ketones (excluding diaryl/α,β-unsaturated/α-hetero) is 1. The number of ether oxygens (including phenoxy) is 4. The van der Waals surface area contributed by atoms with E-state index in [0.29, 0.717) is 49.5 Å². The lowest BCUT2D eigenvalue weighted by Gasteiger charge is -2.35. The van der Waals surface area contributed by atoms with Crippen LogP contribution in [-0.4, -0.2) is 74.8 Å². The third-order valence-electron chi connectivity index (χ3n) is 5.82. The van der Waals surface area contributed by atoms with Crippen LogP contribution in [0.2, 0.25) is 0 Å². The second kappa shape index (κ2) is 11.9. The number of benzene rings is 1. The molecule has 9 nitrogen and oxygen atoms in total. The summed E-state index contributed by atoms with van der Waals surface area (Å²) in [5.74, 6) is -0.342. The van der Waals surface area contributed by atoms with Gasteiger partial charge in [-0.05, 0) is 49.8 Å². The van der Waals surface area contributed by atoms with Gasteiger partial charge in [0.15, 0.2) is 11.5 Å². The van der Waals surface area contributed by atoms with Crippen LogP contribution in [0.1, 0.15) is 45.1 Å². The summed E-state index contributed by atoms with van der Waals surface area (Å²) < 4.78 is 21.5. The molecule has 1 atom stereocenters. The zero-order valence-corrected chi connectivity index (χ0v) is 20.1. The summed E-state index contributed by atoms with van der Waals surface area (Å²) in [6, 6.07) is 2.91. The molecule has 1 aromatic carbocycles. The molecule has 184 valence electrons. The predicted molar refractivity (Wildman–Crippen MR) is 121 cm³/mol. The van der Waals surface area contributed by atoms with Gasteiger partial charge in [0.2, 0.25) is 11.5 Å². The van der Waals surface area contributed by atoms with Gasteiger partial charge < -0.3 is 29.0 Å². The maximum atomic E-state index is 12.7. The third kappa shape index (κ3) is 6.37. The van der Waals surface area contributed by atoms with Gasteiger partial charge in [-0.25, -0.2) is 4.79 Å². The van der Waals surface area contributed by atoms with Crippen LogP contribution in [0.25, 0.3) is 0 Å². The molecule has 1 unspecified atom stereocenters. The van der Waals surface area contributed by atoms with Crippen molar-refractivity contribution in [3.05, 3.63) is 17.7 Å². The first-order valence-corrected chi connectivity index (χ1v) is 11.1. The van der Waals surface area contributed by atoms with E-state index < -0.39 is 35.7 Å². The number of hydrogen-bond donors (Lipinski definition) is 1. The van der Waals surface area contributed by atoms with Gasteiger partial charge in [-0.3, -0.25) is 9.59 Å². The van der Waals surface area contributed by atoms with Crippen LogP contribution in [0, 0.1) is 5.41 Å². The molecule has 2 rings (SSSR count). The van der Waals surface area contributed by atoms with Crippen LogP contribution in [0.15, 0.2) is 12.1 Å². The smallest absolute Gasteiger partial charge is 0.328 e. The topological polar surface area (TPSA) is 112 Å². The van der Waals surface area contributed by atoms with Gasteiger partial charge in [0.1, 0.15) is 6.04 Å².